The molecule has 0 aromatic heterocycles. The minimum absolute atomic E-state index is 0.0286. The number of hydrogen-bond donors (Lipinski definition) is 1. The lowest BCUT2D eigenvalue weighted by molar-refractivity contribution is 0.0939. The minimum atomic E-state index is -0.503. The summed E-state index contributed by atoms with van der Waals surface area (Å²) in [7, 11) is 0. The Labute approximate surface area is 107 Å². The highest BCUT2D eigenvalue weighted by molar-refractivity contribution is 9.10. The number of nitrogens with one attached hydrogen (secondary N) is 1. The van der Waals surface area contributed by atoms with Crippen LogP contribution >= 0.6 is 27.7 Å². The van der Waals surface area contributed by atoms with Gasteiger partial charge in [-0.15, -0.1) is 0 Å². The molecule has 1 aromatic rings. The van der Waals surface area contributed by atoms with Crippen molar-refractivity contribution in [1.29, 1.82) is 0 Å². The molecule has 1 rings (SSSR count). The van der Waals surface area contributed by atoms with Crippen molar-refractivity contribution in [2.24, 2.45) is 0 Å². The van der Waals surface area contributed by atoms with Crippen LogP contribution in [0.3, 0.4) is 0 Å². The molecular weight excluding hydrogens is 293 g/mol. The Hall–Kier alpha value is -0.550. The van der Waals surface area contributed by atoms with Gasteiger partial charge < -0.3 is 5.32 Å². The van der Waals surface area contributed by atoms with Crippen LogP contribution in [0.15, 0.2) is 22.7 Å². The molecule has 0 fully saturated rings. The molecule has 0 bridgehead atoms. The summed E-state index contributed by atoms with van der Waals surface area (Å²) >= 11 is 4.85. The monoisotopic (exact) mass is 305 g/mol. The van der Waals surface area contributed by atoms with Gasteiger partial charge in [0.25, 0.3) is 5.91 Å². The van der Waals surface area contributed by atoms with Gasteiger partial charge in [0.2, 0.25) is 0 Å². The molecule has 0 aliphatic rings. The van der Waals surface area contributed by atoms with E-state index in [0.29, 0.717) is 4.47 Å². The van der Waals surface area contributed by atoms with Crippen LogP contribution in [0.2, 0.25) is 0 Å². The first-order valence-electron chi connectivity index (χ1n) is 4.79. The summed E-state index contributed by atoms with van der Waals surface area (Å²) < 4.78 is 14.1. The Morgan fingerprint density at radius 3 is 2.94 bits per heavy atom. The molecule has 0 heterocycles. The topological polar surface area (TPSA) is 29.1 Å². The van der Waals surface area contributed by atoms with E-state index in [0.717, 1.165) is 5.75 Å². The molecule has 0 saturated carbocycles. The van der Waals surface area contributed by atoms with E-state index in [2.05, 4.69) is 21.2 Å². The van der Waals surface area contributed by atoms with Crippen LogP contribution in [0.25, 0.3) is 0 Å². The lowest BCUT2D eigenvalue weighted by Gasteiger charge is -2.12. The third-order valence-electron chi connectivity index (χ3n) is 1.97. The van der Waals surface area contributed by atoms with Crippen molar-refractivity contribution in [2.45, 2.75) is 13.0 Å². The average Bonchev–Trinajstić information content (AvgIpc) is 2.21. The van der Waals surface area contributed by atoms with Crippen molar-refractivity contribution in [1.82, 2.24) is 5.32 Å². The fourth-order valence-electron chi connectivity index (χ4n) is 1.26. The molecule has 0 radical (unpaired) electrons. The molecule has 0 aliphatic heterocycles. The van der Waals surface area contributed by atoms with Crippen LogP contribution in [0, 0.1) is 5.82 Å². The second kappa shape index (κ2) is 6.25. The van der Waals surface area contributed by atoms with Gasteiger partial charge >= 0.3 is 0 Å². The highest BCUT2D eigenvalue weighted by Crippen LogP contribution is 2.15. The van der Waals surface area contributed by atoms with Crippen LogP contribution in [0.5, 0.6) is 0 Å². The van der Waals surface area contributed by atoms with Gasteiger partial charge in [-0.3, -0.25) is 4.79 Å². The quantitative estimate of drug-likeness (QED) is 0.926. The second-order valence-corrected chi connectivity index (χ2v) is 5.28. The Bertz CT molecular complexity index is 386. The van der Waals surface area contributed by atoms with Crippen LogP contribution < -0.4 is 5.32 Å². The van der Waals surface area contributed by atoms with Crippen LogP contribution in [-0.2, 0) is 0 Å². The largest absolute Gasteiger partial charge is 0.349 e. The van der Waals surface area contributed by atoms with Gasteiger partial charge in [-0.25, -0.2) is 4.39 Å². The van der Waals surface area contributed by atoms with Gasteiger partial charge in [0.1, 0.15) is 5.82 Å². The summed E-state index contributed by atoms with van der Waals surface area (Å²) in [5.74, 6) is -0.0705. The molecule has 0 spiro atoms. The predicted octanol–water partition coefficient (Wildman–Crippen LogP) is 3.07. The van der Waals surface area contributed by atoms with Crippen LogP contribution in [0.4, 0.5) is 4.39 Å². The van der Waals surface area contributed by atoms with Gasteiger partial charge in [0, 0.05) is 16.3 Å². The van der Waals surface area contributed by atoms with Crippen LogP contribution in [-0.4, -0.2) is 24.0 Å². The second-order valence-electron chi connectivity index (χ2n) is 3.45. The SMILES string of the molecule is CSCC(C)NC(=O)c1cc(Br)ccc1F. The molecule has 88 valence electrons. The molecule has 1 aromatic carbocycles. The summed E-state index contributed by atoms with van der Waals surface area (Å²) in [6.45, 7) is 1.89. The van der Waals surface area contributed by atoms with E-state index < -0.39 is 5.82 Å². The van der Waals surface area contributed by atoms with Crippen molar-refractivity contribution in [3.8, 4) is 0 Å². The summed E-state index contributed by atoms with van der Waals surface area (Å²) in [6.07, 6.45) is 1.96. The Morgan fingerprint density at radius 1 is 1.62 bits per heavy atom. The number of carbonyl (C=O) groups is 1. The first kappa shape index (κ1) is 13.5. The van der Waals surface area contributed by atoms with Gasteiger partial charge in [-0.2, -0.15) is 11.8 Å². The average molecular weight is 306 g/mol. The van der Waals surface area contributed by atoms with E-state index in [1.165, 1.54) is 12.1 Å². The van der Waals surface area contributed by atoms with E-state index in [4.69, 9.17) is 0 Å². The lowest BCUT2D eigenvalue weighted by Crippen LogP contribution is -2.34. The van der Waals surface area contributed by atoms with Gasteiger partial charge in [0.05, 0.1) is 5.56 Å². The standard InChI is InChI=1S/C11H13BrFNOS/c1-7(6-16-2)14-11(15)9-5-8(12)3-4-10(9)13/h3-5,7H,6H2,1-2H3,(H,14,15). The normalized spacial score (nSPS) is 12.2. The smallest absolute Gasteiger partial charge is 0.254 e. The zero-order chi connectivity index (χ0) is 12.1. The van der Waals surface area contributed by atoms with Crippen molar-refractivity contribution in [3.05, 3.63) is 34.1 Å². The van der Waals surface area contributed by atoms with E-state index in [-0.39, 0.29) is 17.5 Å². The van der Waals surface area contributed by atoms with Crippen LogP contribution in [0.1, 0.15) is 17.3 Å². The number of thioether (sulfide) groups is 1. The highest BCUT2D eigenvalue weighted by atomic mass is 79.9. The van der Waals surface area contributed by atoms with E-state index >= 15 is 0 Å². The summed E-state index contributed by atoms with van der Waals surface area (Å²) in [6, 6.07) is 4.35. The zero-order valence-corrected chi connectivity index (χ0v) is 11.5. The fourth-order valence-corrected chi connectivity index (χ4v) is 2.21. The minimum Gasteiger partial charge on any atom is -0.349 e. The summed E-state index contributed by atoms with van der Waals surface area (Å²) in [4.78, 5) is 11.7. The third kappa shape index (κ3) is 3.79. The van der Waals surface area contributed by atoms with E-state index in [1.807, 2.05) is 13.2 Å². The molecular formula is C11H13BrFNOS. The molecule has 1 N–H and O–H groups in total. The summed E-state index contributed by atoms with van der Waals surface area (Å²) in [5, 5.41) is 2.74. The fraction of sp³-hybridized carbons (Fsp3) is 0.364. The van der Waals surface area contributed by atoms with Crippen molar-refractivity contribution >= 4 is 33.6 Å². The van der Waals surface area contributed by atoms with Gasteiger partial charge in [-0.1, -0.05) is 15.9 Å². The molecule has 1 unspecified atom stereocenters. The Kier molecular flexibility index (Phi) is 5.28. The van der Waals surface area contributed by atoms with E-state index in [1.54, 1.807) is 17.8 Å². The Morgan fingerprint density at radius 2 is 2.31 bits per heavy atom. The van der Waals surface area contributed by atoms with E-state index in [9.17, 15) is 9.18 Å². The third-order valence-corrected chi connectivity index (χ3v) is 3.29. The van der Waals surface area contributed by atoms with Gasteiger partial charge in [-0.05, 0) is 31.4 Å². The molecule has 5 heteroatoms. The highest BCUT2D eigenvalue weighted by Gasteiger charge is 2.14. The number of carbonyl (C=O) groups excluding carboxylic acids is 1. The predicted molar refractivity (Wildman–Crippen MR) is 69.4 cm³/mol. The number of halogens is 2. The number of amides is 1. The number of benzene rings is 1. The molecule has 1 atom stereocenters. The number of hydrogen-bond acceptors (Lipinski definition) is 2. The molecule has 1 amide bonds. The summed E-state index contributed by atoms with van der Waals surface area (Å²) in [5.41, 5.74) is 0.0716. The maximum atomic E-state index is 13.4. The molecule has 0 saturated heterocycles. The lowest BCUT2D eigenvalue weighted by atomic mass is 10.2. The Balaban J connectivity index is 2.76. The van der Waals surface area contributed by atoms with Gasteiger partial charge in [0.15, 0.2) is 0 Å². The maximum Gasteiger partial charge on any atom is 0.254 e. The first-order chi connectivity index (χ1) is 7.54. The zero-order valence-electron chi connectivity index (χ0n) is 9.09. The van der Waals surface area contributed by atoms with Crippen molar-refractivity contribution < 1.29 is 9.18 Å². The number of rotatable bonds is 4. The maximum absolute atomic E-state index is 13.4. The molecule has 16 heavy (non-hydrogen) atoms. The molecule has 2 nitrogen and oxygen atoms in total. The van der Waals surface area contributed by atoms with Crippen molar-refractivity contribution in [3.63, 3.8) is 0 Å². The molecule has 0 aliphatic carbocycles. The first-order valence-corrected chi connectivity index (χ1v) is 6.98. The van der Waals surface area contributed by atoms with Crippen molar-refractivity contribution in [2.75, 3.05) is 12.0 Å².